The number of carbonyl (C=O) groups excluding carboxylic acids is 3. The first-order valence-corrected chi connectivity index (χ1v) is 15.8. The molecule has 1 unspecified atom stereocenters. The Morgan fingerprint density at radius 3 is 1.98 bits per heavy atom. The first-order valence-electron chi connectivity index (χ1n) is 15.3. The van der Waals surface area contributed by atoms with Crippen molar-refractivity contribution >= 4 is 35.5 Å². The summed E-state index contributed by atoms with van der Waals surface area (Å²) in [5.74, 6) is -0.370. The molecule has 44 heavy (non-hydrogen) atoms. The smallest absolute Gasteiger partial charge is 0.307 e. The van der Waals surface area contributed by atoms with Crippen molar-refractivity contribution in [2.24, 2.45) is 0 Å². The first-order chi connectivity index (χ1) is 21.0. The van der Waals surface area contributed by atoms with E-state index in [1.54, 1.807) is 12.2 Å². The lowest BCUT2D eigenvalue weighted by Crippen LogP contribution is -2.47. The van der Waals surface area contributed by atoms with Crippen molar-refractivity contribution in [2.45, 2.75) is 51.0 Å². The average molecular weight is 645 g/mol. The Morgan fingerprint density at radius 2 is 1.48 bits per heavy atom. The quantitative estimate of drug-likeness (QED) is 0.0463. The third-order valence-electron chi connectivity index (χ3n) is 6.38. The molecule has 0 aliphatic heterocycles. The third kappa shape index (κ3) is 25.9. The second kappa shape index (κ2) is 26.8. The molecule has 0 aliphatic rings. The zero-order chi connectivity index (χ0) is 33.1. The zero-order valence-corrected chi connectivity index (χ0v) is 27.6. The maximum Gasteiger partial charge on any atom is 0.307 e. The molecule has 0 aromatic heterocycles. The number of unbranched alkanes of at least 4 members (excludes halogenated alkanes) is 2. The van der Waals surface area contributed by atoms with Gasteiger partial charge >= 0.3 is 11.9 Å². The summed E-state index contributed by atoms with van der Waals surface area (Å²) in [4.78, 5) is 36.4. The number of esters is 2. The Kier molecular flexibility index (Phi) is 25.3. The van der Waals surface area contributed by atoms with E-state index in [1.165, 1.54) is 0 Å². The van der Waals surface area contributed by atoms with Crippen molar-refractivity contribution in [3.05, 3.63) is 42.0 Å². The first kappa shape index (κ1) is 41.5. The Morgan fingerprint density at radius 1 is 0.932 bits per heavy atom. The van der Waals surface area contributed by atoms with Crippen molar-refractivity contribution in [3.63, 3.8) is 0 Å². The van der Waals surface area contributed by atoms with Crippen molar-refractivity contribution in [2.75, 3.05) is 86.2 Å². The van der Waals surface area contributed by atoms with Crippen LogP contribution in [0, 0.1) is 0 Å². The highest BCUT2D eigenvalue weighted by Gasteiger charge is 2.19. The fraction of sp³-hybridized carbons (Fsp3) is 0.656. The normalized spacial score (nSPS) is 12.0. The summed E-state index contributed by atoms with van der Waals surface area (Å²) in [6, 6.07) is 9.72. The number of halogens is 1. The Hall–Kier alpha value is -2.54. The van der Waals surface area contributed by atoms with Gasteiger partial charge in [0.2, 0.25) is 5.91 Å². The van der Waals surface area contributed by atoms with E-state index < -0.39 is 6.10 Å². The van der Waals surface area contributed by atoms with E-state index in [-0.39, 0.29) is 49.8 Å². The van der Waals surface area contributed by atoms with Crippen LogP contribution in [0.3, 0.4) is 0 Å². The minimum absolute atomic E-state index is 0.0880. The minimum Gasteiger partial charge on any atom is -0.466 e. The van der Waals surface area contributed by atoms with E-state index in [2.05, 4.69) is 5.32 Å². The number of aliphatic hydroxyl groups excluding tert-OH is 3. The van der Waals surface area contributed by atoms with Crippen LogP contribution >= 0.6 is 11.6 Å². The van der Waals surface area contributed by atoms with Gasteiger partial charge in [0.15, 0.2) is 0 Å². The molecule has 252 valence electrons. The standard InChI is InChI=1S/C17H25ClN2O2.C15H29NO6/c1-20(2,14-16(21)13-18)12-6-11-19-17(22)10-9-15-7-4-3-5-8-15;1-16(8-6-14(19)21-12-4-2-10-17)9-7-15(20)22-13-5-3-11-18/h3-5,7-10,16,21H,6,11-14H2,1-2H3;17-18H,2-13H2,1H3/p+1. The molecule has 1 aromatic carbocycles. The van der Waals surface area contributed by atoms with Crippen molar-refractivity contribution in [1.29, 1.82) is 0 Å². The monoisotopic (exact) mass is 644 g/mol. The third-order valence-corrected chi connectivity index (χ3v) is 6.73. The summed E-state index contributed by atoms with van der Waals surface area (Å²) in [6.07, 6.45) is 6.87. The van der Waals surface area contributed by atoms with E-state index in [9.17, 15) is 19.5 Å². The molecule has 0 saturated carbocycles. The summed E-state index contributed by atoms with van der Waals surface area (Å²) in [6.45, 7) is 4.05. The number of quaternary nitrogens is 1. The van der Waals surface area contributed by atoms with Gasteiger partial charge in [-0.3, -0.25) is 14.4 Å². The molecular weight excluding hydrogens is 590 g/mol. The van der Waals surface area contributed by atoms with Gasteiger partial charge in [0.05, 0.1) is 52.6 Å². The molecule has 12 heteroatoms. The maximum absolute atomic E-state index is 11.7. The van der Waals surface area contributed by atoms with Gasteiger partial charge < -0.3 is 39.5 Å². The largest absolute Gasteiger partial charge is 0.466 e. The van der Waals surface area contributed by atoms with E-state index in [0.717, 1.165) is 18.5 Å². The fourth-order valence-electron chi connectivity index (χ4n) is 3.84. The fourth-order valence-corrected chi connectivity index (χ4v) is 3.94. The number of alkyl halides is 1. The van der Waals surface area contributed by atoms with Crippen molar-refractivity contribution in [1.82, 2.24) is 10.2 Å². The van der Waals surface area contributed by atoms with Gasteiger partial charge in [0.25, 0.3) is 0 Å². The summed E-state index contributed by atoms with van der Waals surface area (Å²) < 4.78 is 10.7. The lowest BCUT2D eigenvalue weighted by Gasteiger charge is -2.31. The summed E-state index contributed by atoms with van der Waals surface area (Å²) in [5, 5.41) is 29.7. The highest BCUT2D eigenvalue weighted by atomic mass is 35.5. The molecule has 0 fully saturated rings. The number of ether oxygens (including phenoxy) is 2. The second-order valence-electron chi connectivity index (χ2n) is 11.1. The number of hydrogen-bond acceptors (Lipinski definition) is 9. The van der Waals surface area contributed by atoms with Crippen LogP contribution in [0.4, 0.5) is 0 Å². The second-order valence-corrected chi connectivity index (χ2v) is 11.5. The lowest BCUT2D eigenvalue weighted by atomic mass is 10.2. The van der Waals surface area contributed by atoms with E-state index in [0.29, 0.717) is 69.6 Å². The molecule has 4 N–H and O–H groups in total. The molecule has 11 nitrogen and oxygen atoms in total. The molecule has 0 bridgehead atoms. The molecule has 1 rings (SSSR count). The number of rotatable bonds is 23. The van der Waals surface area contributed by atoms with Gasteiger partial charge in [0, 0.05) is 45.3 Å². The number of hydrogen-bond donors (Lipinski definition) is 4. The Balaban J connectivity index is 0.000000840. The molecular formula is C32H55ClN3O8+. The topological polar surface area (TPSA) is 146 Å². The molecule has 0 spiro atoms. The van der Waals surface area contributed by atoms with Crippen LogP contribution in [0.2, 0.25) is 0 Å². The number of nitrogens with zero attached hydrogens (tertiary/aromatic N) is 2. The van der Waals surface area contributed by atoms with Crippen LogP contribution < -0.4 is 5.32 Å². The zero-order valence-electron chi connectivity index (χ0n) is 26.8. The SMILES string of the molecule is CN(CCC(=O)OCCCCO)CCC(=O)OCCCCO.C[N+](C)(CCCNC(=O)C=Cc1ccccc1)CC(O)CCl. The lowest BCUT2D eigenvalue weighted by molar-refractivity contribution is -0.893. The maximum atomic E-state index is 11.7. The average Bonchev–Trinajstić information content (AvgIpc) is 3.01. The van der Waals surface area contributed by atoms with Gasteiger partial charge in [-0.1, -0.05) is 30.3 Å². The van der Waals surface area contributed by atoms with Gasteiger partial charge in [0.1, 0.15) is 12.6 Å². The number of carbonyl (C=O) groups is 3. The molecule has 0 radical (unpaired) electrons. The summed E-state index contributed by atoms with van der Waals surface area (Å²) in [7, 11) is 5.93. The van der Waals surface area contributed by atoms with Crippen LogP contribution in [-0.4, -0.2) is 135 Å². The molecule has 1 amide bonds. The molecule has 1 aromatic rings. The van der Waals surface area contributed by atoms with Gasteiger partial charge in [-0.15, -0.1) is 11.6 Å². The Labute approximate surface area is 268 Å². The highest BCUT2D eigenvalue weighted by molar-refractivity contribution is 6.18. The predicted octanol–water partition coefficient (Wildman–Crippen LogP) is 2.21. The minimum atomic E-state index is -0.486. The molecule has 0 heterocycles. The summed E-state index contributed by atoms with van der Waals surface area (Å²) >= 11 is 5.62. The van der Waals surface area contributed by atoms with E-state index in [4.69, 9.17) is 31.3 Å². The van der Waals surface area contributed by atoms with Crippen LogP contribution in [0.5, 0.6) is 0 Å². The number of benzene rings is 1. The van der Waals surface area contributed by atoms with Crippen LogP contribution in [0.15, 0.2) is 36.4 Å². The molecule has 0 aliphatic carbocycles. The number of nitrogens with one attached hydrogen (secondary N) is 1. The van der Waals surface area contributed by atoms with Crippen LogP contribution in [0.1, 0.15) is 50.5 Å². The highest BCUT2D eigenvalue weighted by Crippen LogP contribution is 2.04. The summed E-state index contributed by atoms with van der Waals surface area (Å²) in [5.41, 5.74) is 1.01. The van der Waals surface area contributed by atoms with Gasteiger partial charge in [-0.25, -0.2) is 0 Å². The van der Waals surface area contributed by atoms with Gasteiger partial charge in [-0.05, 0) is 44.4 Å². The van der Waals surface area contributed by atoms with Crippen LogP contribution in [0.25, 0.3) is 6.08 Å². The molecule has 0 saturated heterocycles. The number of aliphatic hydroxyl groups is 3. The van der Waals surface area contributed by atoms with E-state index >= 15 is 0 Å². The number of likely N-dealkylation sites (N-methyl/N-ethyl adjacent to an activating group) is 1. The Bertz CT molecular complexity index is 890. The van der Waals surface area contributed by atoms with Crippen LogP contribution in [-0.2, 0) is 23.9 Å². The van der Waals surface area contributed by atoms with Crippen molar-refractivity contribution in [3.8, 4) is 0 Å². The van der Waals surface area contributed by atoms with E-state index in [1.807, 2.05) is 56.4 Å². The van der Waals surface area contributed by atoms with Gasteiger partial charge in [-0.2, -0.15) is 0 Å². The van der Waals surface area contributed by atoms with Crippen molar-refractivity contribution < 1.29 is 43.7 Å². The predicted molar refractivity (Wildman–Crippen MR) is 173 cm³/mol. The molecule has 1 atom stereocenters. The number of amides is 1.